The monoisotopic (exact) mass is 293 g/mol. The molecule has 0 atom stereocenters. The van der Waals surface area contributed by atoms with Crippen LogP contribution >= 0.6 is 11.6 Å². The molecule has 20 heavy (non-hydrogen) atoms. The summed E-state index contributed by atoms with van der Waals surface area (Å²) in [4.78, 5) is 22.4. The molecule has 0 unspecified atom stereocenters. The van der Waals surface area contributed by atoms with Crippen molar-refractivity contribution in [2.75, 3.05) is 0 Å². The molecule has 1 N–H and O–H groups in total. The number of carbonyl (C=O) groups excluding carboxylic acids is 1. The van der Waals surface area contributed by atoms with Crippen LogP contribution in [0, 0.1) is 10.1 Å². The molecule has 0 saturated carbocycles. The Labute approximate surface area is 120 Å². The van der Waals surface area contributed by atoms with Gasteiger partial charge in [-0.25, -0.2) is 0 Å². The van der Waals surface area contributed by atoms with Crippen molar-refractivity contribution < 1.29 is 9.72 Å². The van der Waals surface area contributed by atoms with Crippen molar-refractivity contribution in [3.63, 3.8) is 0 Å². The minimum absolute atomic E-state index is 0.0447. The van der Waals surface area contributed by atoms with Gasteiger partial charge in [-0.15, -0.1) is 0 Å². The summed E-state index contributed by atoms with van der Waals surface area (Å²) in [6.07, 6.45) is 1.85. The van der Waals surface area contributed by atoms with Gasteiger partial charge in [-0.2, -0.15) is 0 Å². The molecule has 2 rings (SSSR count). The lowest BCUT2D eigenvalue weighted by Crippen LogP contribution is -2.24. The Bertz CT molecular complexity index is 667. The fourth-order valence-corrected chi connectivity index (χ4v) is 2.07. The summed E-state index contributed by atoms with van der Waals surface area (Å²) in [6, 6.07) is 7.97. The molecule has 0 spiro atoms. The summed E-state index contributed by atoms with van der Waals surface area (Å²) in [6.45, 7) is 0.284. The highest BCUT2D eigenvalue weighted by Gasteiger charge is 2.23. The van der Waals surface area contributed by atoms with Crippen LogP contribution in [0.3, 0.4) is 0 Å². The van der Waals surface area contributed by atoms with Gasteiger partial charge in [0, 0.05) is 18.9 Å². The molecule has 1 aromatic carbocycles. The quantitative estimate of drug-likeness (QED) is 0.695. The van der Waals surface area contributed by atoms with Crippen molar-refractivity contribution in [2.24, 2.45) is 7.05 Å². The number of hydrogen-bond donors (Lipinski definition) is 1. The summed E-state index contributed by atoms with van der Waals surface area (Å²) in [5.41, 5.74) is 0.471. The number of nitro benzene ring substituents is 1. The zero-order chi connectivity index (χ0) is 14.7. The standard InChI is InChI=1S/C13H12ClN3O3/c1-16-7-3-4-9(16)8-15-13(18)10-5-2-6-11(14)12(10)17(19)20/h2-7H,8H2,1H3,(H,15,18). The molecule has 0 radical (unpaired) electrons. The average molecular weight is 294 g/mol. The third-order valence-corrected chi connectivity index (χ3v) is 3.20. The number of amides is 1. The highest BCUT2D eigenvalue weighted by molar-refractivity contribution is 6.33. The molecule has 2 aromatic rings. The number of para-hydroxylation sites is 1. The zero-order valence-corrected chi connectivity index (χ0v) is 11.4. The van der Waals surface area contributed by atoms with Gasteiger partial charge in [0.1, 0.15) is 10.6 Å². The molecule has 0 fully saturated rings. The molecule has 0 aliphatic carbocycles. The van der Waals surface area contributed by atoms with Crippen molar-refractivity contribution in [3.05, 3.63) is 62.9 Å². The smallest absolute Gasteiger partial charge is 0.300 e. The van der Waals surface area contributed by atoms with Crippen molar-refractivity contribution in [3.8, 4) is 0 Å². The van der Waals surface area contributed by atoms with Gasteiger partial charge in [-0.3, -0.25) is 14.9 Å². The van der Waals surface area contributed by atoms with Crippen LogP contribution in [0.5, 0.6) is 0 Å². The van der Waals surface area contributed by atoms with Crippen LogP contribution in [0.1, 0.15) is 16.1 Å². The van der Waals surface area contributed by atoms with Gasteiger partial charge >= 0.3 is 5.69 Å². The summed E-state index contributed by atoms with van der Waals surface area (Å²) in [5, 5.41) is 13.6. The molecular formula is C13H12ClN3O3. The Morgan fingerprint density at radius 1 is 1.40 bits per heavy atom. The first-order valence-electron chi connectivity index (χ1n) is 5.82. The van der Waals surface area contributed by atoms with E-state index in [0.29, 0.717) is 0 Å². The van der Waals surface area contributed by atoms with Crippen LogP contribution in [-0.2, 0) is 13.6 Å². The van der Waals surface area contributed by atoms with Gasteiger partial charge < -0.3 is 9.88 Å². The largest absolute Gasteiger partial charge is 0.353 e. The zero-order valence-electron chi connectivity index (χ0n) is 10.7. The Kier molecular flexibility index (Phi) is 4.05. The number of halogens is 1. The number of hydrogen-bond acceptors (Lipinski definition) is 3. The molecule has 1 amide bonds. The number of aryl methyl sites for hydroxylation is 1. The third kappa shape index (κ3) is 2.80. The minimum atomic E-state index is -0.653. The second-order valence-corrected chi connectivity index (χ2v) is 4.59. The van der Waals surface area contributed by atoms with E-state index in [9.17, 15) is 14.9 Å². The molecule has 1 heterocycles. The Morgan fingerprint density at radius 2 is 2.15 bits per heavy atom. The number of nitro groups is 1. The van der Waals surface area contributed by atoms with Crippen molar-refractivity contribution in [1.82, 2.24) is 9.88 Å². The van der Waals surface area contributed by atoms with Gasteiger partial charge in [0.2, 0.25) is 0 Å². The second kappa shape index (κ2) is 5.75. The first-order chi connectivity index (χ1) is 9.50. The fraction of sp³-hybridized carbons (Fsp3) is 0.154. The highest BCUT2D eigenvalue weighted by Crippen LogP contribution is 2.28. The van der Waals surface area contributed by atoms with E-state index >= 15 is 0 Å². The molecule has 0 aliphatic rings. The van der Waals surface area contributed by atoms with Crippen LogP contribution < -0.4 is 5.32 Å². The lowest BCUT2D eigenvalue weighted by atomic mass is 10.1. The SMILES string of the molecule is Cn1cccc1CNC(=O)c1cccc(Cl)c1[N+](=O)[O-]. The predicted octanol–water partition coefficient (Wildman–Crippen LogP) is 2.52. The number of carbonyl (C=O) groups is 1. The average Bonchev–Trinajstić information content (AvgIpc) is 2.80. The summed E-state index contributed by atoms with van der Waals surface area (Å²) < 4.78 is 1.85. The van der Waals surface area contributed by atoms with Crippen LogP contribution in [0.4, 0.5) is 5.69 Å². The lowest BCUT2D eigenvalue weighted by Gasteiger charge is -2.07. The Balaban J connectivity index is 2.20. The maximum Gasteiger partial charge on any atom is 0.300 e. The second-order valence-electron chi connectivity index (χ2n) is 4.19. The van der Waals surface area contributed by atoms with Crippen LogP contribution in [0.25, 0.3) is 0 Å². The van der Waals surface area contributed by atoms with E-state index in [1.54, 1.807) is 0 Å². The van der Waals surface area contributed by atoms with Crippen LogP contribution in [0.15, 0.2) is 36.5 Å². The maximum atomic E-state index is 12.0. The first-order valence-corrected chi connectivity index (χ1v) is 6.20. The van der Waals surface area contributed by atoms with E-state index in [-0.39, 0.29) is 22.8 Å². The van der Waals surface area contributed by atoms with Gasteiger partial charge in [-0.05, 0) is 24.3 Å². The van der Waals surface area contributed by atoms with Gasteiger partial charge in [0.25, 0.3) is 5.91 Å². The van der Waals surface area contributed by atoms with Gasteiger partial charge in [-0.1, -0.05) is 17.7 Å². The first kappa shape index (κ1) is 14.1. The van der Waals surface area contributed by atoms with Crippen molar-refractivity contribution in [1.29, 1.82) is 0 Å². The summed E-state index contributed by atoms with van der Waals surface area (Å²) in [7, 11) is 1.85. The molecule has 1 aromatic heterocycles. The van der Waals surface area contributed by atoms with Crippen LogP contribution in [-0.4, -0.2) is 15.4 Å². The molecule has 104 valence electrons. The lowest BCUT2D eigenvalue weighted by molar-refractivity contribution is -0.385. The molecule has 0 bridgehead atoms. The number of aromatic nitrogens is 1. The molecule has 0 saturated heterocycles. The maximum absolute atomic E-state index is 12.0. The number of benzene rings is 1. The third-order valence-electron chi connectivity index (χ3n) is 2.90. The van der Waals surface area contributed by atoms with Crippen molar-refractivity contribution in [2.45, 2.75) is 6.54 Å². The molecule has 6 nitrogen and oxygen atoms in total. The van der Waals surface area contributed by atoms with E-state index in [1.807, 2.05) is 29.9 Å². The fourth-order valence-electron chi connectivity index (χ4n) is 1.83. The minimum Gasteiger partial charge on any atom is -0.353 e. The van der Waals surface area contributed by atoms with E-state index in [4.69, 9.17) is 11.6 Å². The highest BCUT2D eigenvalue weighted by atomic mass is 35.5. The molecule has 0 aliphatic heterocycles. The predicted molar refractivity (Wildman–Crippen MR) is 74.7 cm³/mol. The van der Waals surface area contributed by atoms with Crippen molar-refractivity contribution >= 4 is 23.2 Å². The van der Waals surface area contributed by atoms with E-state index in [0.717, 1.165) is 5.69 Å². The Hall–Kier alpha value is -2.34. The van der Waals surface area contributed by atoms with Crippen LogP contribution in [0.2, 0.25) is 5.02 Å². The molecular weight excluding hydrogens is 282 g/mol. The number of nitrogens with one attached hydrogen (secondary N) is 1. The van der Waals surface area contributed by atoms with E-state index in [2.05, 4.69) is 5.32 Å². The Morgan fingerprint density at radius 3 is 2.75 bits per heavy atom. The van der Waals surface area contributed by atoms with Gasteiger partial charge in [0.15, 0.2) is 0 Å². The normalized spacial score (nSPS) is 10.3. The molecule has 7 heteroatoms. The number of nitrogens with zero attached hydrogens (tertiary/aromatic N) is 2. The number of rotatable bonds is 4. The van der Waals surface area contributed by atoms with E-state index in [1.165, 1.54) is 18.2 Å². The van der Waals surface area contributed by atoms with E-state index < -0.39 is 10.8 Å². The summed E-state index contributed by atoms with van der Waals surface area (Å²) in [5.74, 6) is -0.527. The van der Waals surface area contributed by atoms with Gasteiger partial charge in [0.05, 0.1) is 11.5 Å². The topological polar surface area (TPSA) is 77.2 Å². The summed E-state index contributed by atoms with van der Waals surface area (Å²) >= 11 is 5.77.